The molecule has 0 aromatic heterocycles. The van der Waals surface area contributed by atoms with Gasteiger partial charge in [-0.1, -0.05) is 6.92 Å². The average molecular weight is 265 g/mol. The van der Waals surface area contributed by atoms with Gasteiger partial charge >= 0.3 is 5.97 Å². The van der Waals surface area contributed by atoms with Crippen LogP contribution in [-0.4, -0.2) is 54.9 Å². The average Bonchev–Trinajstić information content (AvgIpc) is 2.14. The van der Waals surface area contributed by atoms with Gasteiger partial charge in [0.1, 0.15) is 5.75 Å². The molecule has 0 aliphatic heterocycles. The molecule has 1 unspecified atom stereocenters. The standard InChI is InChI=1S/C10H19NO5S/c1-7(2)11(4)9(12)6-17(15,16)5-8(3)10(13)14/h7-8H,5-6H2,1-4H3,(H,13,14). The maximum absolute atomic E-state index is 11.6. The van der Waals surface area contributed by atoms with Crippen molar-refractivity contribution in [2.45, 2.75) is 26.8 Å². The number of carbonyl (C=O) groups excluding carboxylic acids is 1. The second-order valence-electron chi connectivity index (χ2n) is 4.39. The lowest BCUT2D eigenvalue weighted by Gasteiger charge is -2.21. The summed E-state index contributed by atoms with van der Waals surface area (Å²) in [4.78, 5) is 23.4. The van der Waals surface area contributed by atoms with Crippen molar-refractivity contribution in [2.75, 3.05) is 18.6 Å². The summed E-state index contributed by atoms with van der Waals surface area (Å²) in [6.07, 6.45) is 0. The van der Waals surface area contributed by atoms with Crippen molar-refractivity contribution in [3.05, 3.63) is 0 Å². The Balaban J connectivity index is 4.57. The number of sulfone groups is 1. The number of aliphatic carboxylic acids is 1. The van der Waals surface area contributed by atoms with Crippen molar-refractivity contribution in [1.82, 2.24) is 4.90 Å². The van der Waals surface area contributed by atoms with E-state index in [1.165, 1.54) is 18.9 Å². The second kappa shape index (κ2) is 6.00. The number of carboxylic acids is 1. The number of carboxylic acid groups (broad SMARTS) is 1. The number of hydrogen-bond acceptors (Lipinski definition) is 4. The number of nitrogens with zero attached hydrogens (tertiary/aromatic N) is 1. The van der Waals surface area contributed by atoms with Crippen LogP contribution in [0.25, 0.3) is 0 Å². The Morgan fingerprint density at radius 2 is 1.71 bits per heavy atom. The van der Waals surface area contributed by atoms with Crippen molar-refractivity contribution in [2.24, 2.45) is 5.92 Å². The highest BCUT2D eigenvalue weighted by Crippen LogP contribution is 2.05. The van der Waals surface area contributed by atoms with Crippen molar-refractivity contribution >= 4 is 21.7 Å². The van der Waals surface area contributed by atoms with Crippen LogP contribution >= 0.6 is 0 Å². The molecule has 100 valence electrons. The summed E-state index contributed by atoms with van der Waals surface area (Å²) in [5.74, 6) is -3.85. The predicted molar refractivity (Wildman–Crippen MR) is 63.4 cm³/mol. The van der Waals surface area contributed by atoms with Crippen LogP contribution in [-0.2, 0) is 19.4 Å². The summed E-state index contributed by atoms with van der Waals surface area (Å²) < 4.78 is 23.1. The number of carbonyl (C=O) groups is 2. The summed E-state index contributed by atoms with van der Waals surface area (Å²) >= 11 is 0. The molecule has 1 atom stereocenters. The normalized spacial score (nSPS) is 13.5. The third kappa shape index (κ3) is 5.67. The van der Waals surface area contributed by atoms with E-state index in [1.807, 2.05) is 0 Å². The van der Waals surface area contributed by atoms with Gasteiger partial charge in [-0.05, 0) is 13.8 Å². The first-order valence-electron chi connectivity index (χ1n) is 5.25. The Bertz CT molecular complexity index is 388. The molecule has 0 aromatic rings. The van der Waals surface area contributed by atoms with Crippen LogP contribution in [0.4, 0.5) is 0 Å². The quantitative estimate of drug-likeness (QED) is 0.729. The van der Waals surface area contributed by atoms with Crippen LogP contribution in [0, 0.1) is 5.92 Å². The molecule has 0 aliphatic rings. The third-order valence-corrected chi connectivity index (χ3v) is 4.13. The molecule has 0 fully saturated rings. The van der Waals surface area contributed by atoms with E-state index in [2.05, 4.69) is 0 Å². The summed E-state index contributed by atoms with van der Waals surface area (Å²) in [5.41, 5.74) is 0. The summed E-state index contributed by atoms with van der Waals surface area (Å²) in [6.45, 7) is 4.84. The fourth-order valence-electron chi connectivity index (χ4n) is 1.09. The molecule has 0 rings (SSSR count). The first-order chi connectivity index (χ1) is 7.57. The van der Waals surface area contributed by atoms with Crippen LogP contribution < -0.4 is 0 Å². The van der Waals surface area contributed by atoms with Crippen LogP contribution in [0.2, 0.25) is 0 Å². The fraction of sp³-hybridized carbons (Fsp3) is 0.800. The molecule has 0 radical (unpaired) electrons. The van der Waals surface area contributed by atoms with Gasteiger partial charge in [-0.2, -0.15) is 0 Å². The Morgan fingerprint density at radius 1 is 1.24 bits per heavy atom. The molecule has 0 heterocycles. The molecule has 0 aliphatic carbocycles. The van der Waals surface area contributed by atoms with Crippen molar-refractivity contribution < 1.29 is 23.1 Å². The maximum atomic E-state index is 11.6. The van der Waals surface area contributed by atoms with Gasteiger partial charge in [0, 0.05) is 13.1 Å². The van der Waals surface area contributed by atoms with Gasteiger partial charge < -0.3 is 10.0 Å². The number of amides is 1. The molecular weight excluding hydrogens is 246 g/mol. The molecule has 0 aromatic carbocycles. The summed E-state index contributed by atoms with van der Waals surface area (Å²) in [6, 6.07) is -0.0883. The smallest absolute Gasteiger partial charge is 0.307 e. The molecule has 0 saturated heterocycles. The lowest BCUT2D eigenvalue weighted by molar-refractivity contribution is -0.140. The van der Waals surface area contributed by atoms with E-state index in [9.17, 15) is 18.0 Å². The largest absolute Gasteiger partial charge is 0.481 e. The van der Waals surface area contributed by atoms with Crippen LogP contribution in [0.3, 0.4) is 0 Å². The summed E-state index contributed by atoms with van der Waals surface area (Å²) in [7, 11) is -2.16. The molecule has 0 bridgehead atoms. The van der Waals surface area contributed by atoms with Crippen molar-refractivity contribution in [3.63, 3.8) is 0 Å². The fourth-order valence-corrected chi connectivity index (χ4v) is 2.69. The lowest BCUT2D eigenvalue weighted by Crippen LogP contribution is -2.38. The van der Waals surface area contributed by atoms with E-state index in [0.29, 0.717) is 0 Å². The molecule has 6 nitrogen and oxygen atoms in total. The first kappa shape index (κ1) is 15.9. The van der Waals surface area contributed by atoms with Crippen LogP contribution in [0.5, 0.6) is 0 Å². The zero-order valence-corrected chi connectivity index (χ0v) is 11.3. The van der Waals surface area contributed by atoms with E-state index in [-0.39, 0.29) is 6.04 Å². The van der Waals surface area contributed by atoms with Gasteiger partial charge in [-0.3, -0.25) is 9.59 Å². The van der Waals surface area contributed by atoms with Gasteiger partial charge in [0.05, 0.1) is 11.7 Å². The third-order valence-electron chi connectivity index (χ3n) is 2.44. The highest BCUT2D eigenvalue weighted by molar-refractivity contribution is 7.92. The molecule has 17 heavy (non-hydrogen) atoms. The minimum atomic E-state index is -3.68. The predicted octanol–water partition coefficient (Wildman–Crippen LogP) is -0.0113. The van der Waals surface area contributed by atoms with E-state index in [1.54, 1.807) is 13.8 Å². The van der Waals surface area contributed by atoms with E-state index in [0.717, 1.165) is 0 Å². The minimum absolute atomic E-state index is 0.0883. The maximum Gasteiger partial charge on any atom is 0.307 e. The molecule has 0 saturated carbocycles. The monoisotopic (exact) mass is 265 g/mol. The highest BCUT2D eigenvalue weighted by atomic mass is 32.2. The van der Waals surface area contributed by atoms with E-state index >= 15 is 0 Å². The van der Waals surface area contributed by atoms with E-state index < -0.39 is 39.1 Å². The first-order valence-corrected chi connectivity index (χ1v) is 7.08. The molecule has 1 N–H and O–H groups in total. The second-order valence-corrected chi connectivity index (χ2v) is 6.50. The molecule has 1 amide bonds. The molecule has 0 spiro atoms. The number of rotatable bonds is 6. The van der Waals surface area contributed by atoms with Gasteiger partial charge in [0.2, 0.25) is 5.91 Å². The van der Waals surface area contributed by atoms with E-state index in [4.69, 9.17) is 5.11 Å². The van der Waals surface area contributed by atoms with Crippen molar-refractivity contribution in [3.8, 4) is 0 Å². The van der Waals surface area contributed by atoms with Crippen LogP contribution in [0.15, 0.2) is 0 Å². The highest BCUT2D eigenvalue weighted by Gasteiger charge is 2.25. The van der Waals surface area contributed by atoms with Crippen LogP contribution in [0.1, 0.15) is 20.8 Å². The Labute approximate surface area is 102 Å². The minimum Gasteiger partial charge on any atom is -0.481 e. The van der Waals surface area contributed by atoms with Crippen molar-refractivity contribution in [1.29, 1.82) is 0 Å². The Hall–Kier alpha value is -1.11. The molecular formula is C10H19NO5S. The zero-order valence-electron chi connectivity index (χ0n) is 10.5. The topological polar surface area (TPSA) is 91.8 Å². The lowest BCUT2D eigenvalue weighted by atomic mass is 10.2. The van der Waals surface area contributed by atoms with Gasteiger partial charge in [0.15, 0.2) is 9.84 Å². The number of hydrogen-bond donors (Lipinski definition) is 1. The van der Waals surface area contributed by atoms with Gasteiger partial charge in [0.25, 0.3) is 0 Å². The Kier molecular flexibility index (Phi) is 5.60. The Morgan fingerprint density at radius 3 is 2.06 bits per heavy atom. The van der Waals surface area contributed by atoms with Gasteiger partial charge in [-0.25, -0.2) is 8.42 Å². The zero-order chi connectivity index (χ0) is 13.8. The van der Waals surface area contributed by atoms with Gasteiger partial charge in [-0.15, -0.1) is 0 Å². The SMILES string of the molecule is CC(CS(=O)(=O)CC(=O)N(C)C(C)C)C(=O)O. The summed E-state index contributed by atoms with van der Waals surface area (Å²) in [5, 5.41) is 8.62. The molecule has 7 heteroatoms.